The lowest BCUT2D eigenvalue weighted by Gasteiger charge is -2.29. The van der Waals surface area contributed by atoms with E-state index in [-0.39, 0.29) is 0 Å². The van der Waals surface area contributed by atoms with Crippen LogP contribution in [0.3, 0.4) is 0 Å². The minimum Gasteiger partial charge on any atom is -0.316 e. The largest absolute Gasteiger partial charge is 0.316 e. The van der Waals surface area contributed by atoms with Crippen molar-refractivity contribution in [2.24, 2.45) is 18.9 Å². The van der Waals surface area contributed by atoms with E-state index in [0.29, 0.717) is 0 Å². The fraction of sp³-hybridized carbons (Fsp3) is 0.667. The van der Waals surface area contributed by atoms with Gasteiger partial charge in [-0.3, -0.25) is 4.68 Å². The third kappa shape index (κ3) is 3.45. The summed E-state index contributed by atoms with van der Waals surface area (Å²) in [5, 5.41) is 7.78. The topological polar surface area (TPSA) is 29.9 Å². The van der Waals surface area contributed by atoms with Crippen molar-refractivity contribution in [2.75, 3.05) is 13.1 Å². The van der Waals surface area contributed by atoms with E-state index in [1.54, 1.807) is 5.57 Å². The number of aryl methyl sites for hydroxylation is 1. The predicted molar refractivity (Wildman–Crippen MR) is 75.4 cm³/mol. The maximum atomic E-state index is 4.19. The summed E-state index contributed by atoms with van der Waals surface area (Å²) in [5.41, 5.74) is 2.89. The molecule has 0 unspecified atom stereocenters. The Morgan fingerprint density at radius 3 is 3.00 bits per heavy atom. The van der Waals surface area contributed by atoms with Gasteiger partial charge in [0.05, 0.1) is 6.20 Å². The molecular weight excluding hydrogens is 222 g/mol. The molecule has 100 valence electrons. The number of rotatable bonds is 5. The minimum absolute atomic E-state index is 0.729. The van der Waals surface area contributed by atoms with E-state index in [0.717, 1.165) is 31.3 Å². The van der Waals surface area contributed by atoms with Crippen molar-refractivity contribution in [3.8, 4) is 0 Å². The van der Waals surface area contributed by atoms with Gasteiger partial charge < -0.3 is 5.32 Å². The molecule has 3 nitrogen and oxygen atoms in total. The molecule has 0 amide bonds. The molecule has 1 N–H and O–H groups in total. The van der Waals surface area contributed by atoms with E-state index >= 15 is 0 Å². The normalized spacial score (nSPS) is 24.1. The van der Waals surface area contributed by atoms with E-state index in [9.17, 15) is 0 Å². The molecule has 18 heavy (non-hydrogen) atoms. The van der Waals surface area contributed by atoms with Gasteiger partial charge in [0.1, 0.15) is 0 Å². The van der Waals surface area contributed by atoms with Gasteiger partial charge in [0, 0.05) is 19.8 Å². The van der Waals surface area contributed by atoms with Gasteiger partial charge in [0.2, 0.25) is 0 Å². The first-order valence-electron chi connectivity index (χ1n) is 7.01. The number of hydrogen-bond acceptors (Lipinski definition) is 2. The lowest BCUT2D eigenvalue weighted by atomic mass is 9.80. The van der Waals surface area contributed by atoms with Gasteiger partial charge in [-0.2, -0.15) is 5.10 Å². The van der Waals surface area contributed by atoms with E-state index in [4.69, 9.17) is 0 Å². The Balaban J connectivity index is 1.72. The van der Waals surface area contributed by atoms with E-state index < -0.39 is 0 Å². The molecule has 0 saturated heterocycles. The first kappa shape index (κ1) is 13.3. The molecule has 0 bridgehead atoms. The summed E-state index contributed by atoms with van der Waals surface area (Å²) in [6.07, 6.45) is 10.1. The second-order valence-electron chi connectivity index (χ2n) is 5.59. The summed E-state index contributed by atoms with van der Waals surface area (Å²) >= 11 is 0. The van der Waals surface area contributed by atoms with Crippen LogP contribution in [0.5, 0.6) is 0 Å². The standard InChI is InChI=1S/C15H25N3/c1-12-5-4-6-13(2)15(12)10-16-8-7-14-9-17-18(3)11-14/h5,9,11,13,15-16H,4,6-8,10H2,1-3H3/t13-,15+/m0/s1. The van der Waals surface area contributed by atoms with Crippen molar-refractivity contribution in [3.05, 3.63) is 29.6 Å². The van der Waals surface area contributed by atoms with Crippen LogP contribution >= 0.6 is 0 Å². The van der Waals surface area contributed by atoms with Crippen LogP contribution in [0.1, 0.15) is 32.3 Å². The molecule has 2 rings (SSSR count). The Morgan fingerprint density at radius 1 is 1.50 bits per heavy atom. The van der Waals surface area contributed by atoms with Crippen molar-refractivity contribution in [1.82, 2.24) is 15.1 Å². The molecule has 2 atom stereocenters. The Hall–Kier alpha value is -1.09. The van der Waals surface area contributed by atoms with Crippen molar-refractivity contribution in [1.29, 1.82) is 0 Å². The number of nitrogens with one attached hydrogen (secondary N) is 1. The van der Waals surface area contributed by atoms with Crippen molar-refractivity contribution in [2.45, 2.75) is 33.1 Å². The van der Waals surface area contributed by atoms with E-state index in [2.05, 4.69) is 36.5 Å². The molecule has 0 aliphatic heterocycles. The van der Waals surface area contributed by atoms with E-state index in [1.807, 2.05) is 17.9 Å². The summed E-state index contributed by atoms with van der Waals surface area (Å²) < 4.78 is 1.87. The van der Waals surface area contributed by atoms with Crippen LogP contribution in [0.4, 0.5) is 0 Å². The SMILES string of the molecule is CC1=CCC[C@H](C)[C@@H]1CNCCc1cnn(C)c1. The van der Waals surface area contributed by atoms with Crippen LogP contribution in [0, 0.1) is 11.8 Å². The highest BCUT2D eigenvalue weighted by Gasteiger charge is 2.21. The fourth-order valence-electron chi connectivity index (χ4n) is 2.83. The summed E-state index contributed by atoms with van der Waals surface area (Å²) in [6.45, 7) is 6.82. The van der Waals surface area contributed by atoms with Crippen LogP contribution in [-0.2, 0) is 13.5 Å². The van der Waals surface area contributed by atoms with Gasteiger partial charge in [-0.05, 0) is 50.1 Å². The molecule has 0 spiro atoms. The van der Waals surface area contributed by atoms with Gasteiger partial charge in [-0.1, -0.05) is 18.6 Å². The molecule has 1 aliphatic carbocycles. The lowest BCUT2D eigenvalue weighted by molar-refractivity contribution is 0.351. The molecule has 1 aliphatic rings. The van der Waals surface area contributed by atoms with Crippen LogP contribution in [0.15, 0.2) is 24.0 Å². The average Bonchev–Trinajstić information content (AvgIpc) is 2.73. The predicted octanol–water partition coefficient (Wildman–Crippen LogP) is 2.54. The van der Waals surface area contributed by atoms with Crippen LogP contribution in [0.2, 0.25) is 0 Å². The maximum Gasteiger partial charge on any atom is 0.0522 e. The summed E-state index contributed by atoms with van der Waals surface area (Å²) in [5.74, 6) is 1.55. The summed E-state index contributed by atoms with van der Waals surface area (Å²) in [4.78, 5) is 0. The highest BCUT2D eigenvalue weighted by Crippen LogP contribution is 2.29. The Kier molecular flexibility index (Phi) is 4.59. The van der Waals surface area contributed by atoms with Gasteiger partial charge in [-0.25, -0.2) is 0 Å². The zero-order valence-electron chi connectivity index (χ0n) is 11.8. The summed E-state index contributed by atoms with van der Waals surface area (Å²) in [6, 6.07) is 0. The van der Waals surface area contributed by atoms with Gasteiger partial charge in [0.15, 0.2) is 0 Å². The van der Waals surface area contributed by atoms with Crippen LogP contribution in [-0.4, -0.2) is 22.9 Å². The number of hydrogen-bond donors (Lipinski definition) is 1. The lowest BCUT2D eigenvalue weighted by Crippen LogP contribution is -2.30. The first-order valence-corrected chi connectivity index (χ1v) is 7.01. The number of allylic oxidation sites excluding steroid dienone is 1. The molecular formula is C15H25N3. The van der Waals surface area contributed by atoms with Crippen molar-refractivity contribution < 1.29 is 0 Å². The second kappa shape index (κ2) is 6.19. The van der Waals surface area contributed by atoms with Crippen molar-refractivity contribution in [3.63, 3.8) is 0 Å². The molecule has 1 heterocycles. The first-order chi connectivity index (χ1) is 8.66. The molecule has 0 radical (unpaired) electrons. The Labute approximate surface area is 110 Å². The fourth-order valence-corrected chi connectivity index (χ4v) is 2.83. The van der Waals surface area contributed by atoms with Gasteiger partial charge >= 0.3 is 0 Å². The van der Waals surface area contributed by atoms with Gasteiger partial charge in [0.25, 0.3) is 0 Å². The molecule has 0 fully saturated rings. The smallest absolute Gasteiger partial charge is 0.0522 e. The highest BCUT2D eigenvalue weighted by atomic mass is 15.2. The molecule has 1 aromatic rings. The molecule has 3 heteroatoms. The maximum absolute atomic E-state index is 4.19. The molecule has 0 saturated carbocycles. The zero-order valence-corrected chi connectivity index (χ0v) is 11.8. The van der Waals surface area contributed by atoms with Gasteiger partial charge in [-0.15, -0.1) is 0 Å². The quantitative estimate of drug-likeness (QED) is 0.640. The minimum atomic E-state index is 0.729. The number of nitrogens with zero attached hydrogens (tertiary/aromatic N) is 2. The average molecular weight is 247 g/mol. The second-order valence-corrected chi connectivity index (χ2v) is 5.59. The molecule has 1 aromatic heterocycles. The van der Waals surface area contributed by atoms with E-state index in [1.165, 1.54) is 18.4 Å². The van der Waals surface area contributed by atoms with Crippen LogP contribution < -0.4 is 5.32 Å². The number of aromatic nitrogens is 2. The monoisotopic (exact) mass is 247 g/mol. The zero-order chi connectivity index (χ0) is 13.0. The van der Waals surface area contributed by atoms with Crippen molar-refractivity contribution >= 4 is 0 Å². The van der Waals surface area contributed by atoms with Crippen LogP contribution in [0.25, 0.3) is 0 Å². The highest BCUT2D eigenvalue weighted by molar-refractivity contribution is 5.09. The Bertz CT molecular complexity index is 406. The molecule has 0 aromatic carbocycles. The third-order valence-corrected chi connectivity index (χ3v) is 4.07. The Morgan fingerprint density at radius 2 is 2.33 bits per heavy atom. The summed E-state index contributed by atoms with van der Waals surface area (Å²) in [7, 11) is 1.97. The third-order valence-electron chi connectivity index (χ3n) is 4.07.